The third-order valence-corrected chi connectivity index (χ3v) is 12.3. The average Bonchev–Trinajstić information content (AvgIpc) is 3.62. The fraction of sp³-hybridized carbons (Fsp3) is 0.367. The van der Waals surface area contributed by atoms with Gasteiger partial charge in [-0.25, -0.2) is 4.79 Å². The van der Waals surface area contributed by atoms with E-state index in [1.54, 1.807) is 18.2 Å². The van der Waals surface area contributed by atoms with Crippen LogP contribution in [0.3, 0.4) is 0 Å². The largest absolute Gasteiger partial charge is 0.547 e. The van der Waals surface area contributed by atoms with Crippen molar-refractivity contribution in [1.29, 1.82) is 0 Å². The van der Waals surface area contributed by atoms with Gasteiger partial charge in [-0.15, -0.1) is 22.7 Å². The van der Waals surface area contributed by atoms with Crippen molar-refractivity contribution in [3.63, 3.8) is 0 Å². The minimum atomic E-state index is -4.76. The number of hydrogen-bond acceptors (Lipinski definition) is 8. The van der Waals surface area contributed by atoms with Crippen molar-refractivity contribution in [3.05, 3.63) is 68.2 Å². The van der Waals surface area contributed by atoms with Gasteiger partial charge in [-0.3, -0.25) is 0 Å². The van der Waals surface area contributed by atoms with Crippen LogP contribution in [0.5, 0.6) is 0 Å². The first kappa shape index (κ1) is 32.2. The maximum atomic E-state index is 14.4. The Balaban J connectivity index is 1.70. The summed E-state index contributed by atoms with van der Waals surface area (Å²) >= 11 is 2.58. The second-order valence-electron chi connectivity index (χ2n) is 9.08. The Kier molecular flexibility index (Phi) is 10.5. The van der Waals surface area contributed by atoms with Gasteiger partial charge in [0.1, 0.15) is 5.58 Å². The Morgan fingerprint density at radius 1 is 0.857 bits per heavy atom. The van der Waals surface area contributed by atoms with E-state index >= 15 is 0 Å². The molecule has 1 aromatic carbocycles. The van der Waals surface area contributed by atoms with Crippen LogP contribution in [-0.2, 0) is 19.5 Å². The lowest BCUT2D eigenvalue weighted by atomic mass is 10.0. The molecule has 226 valence electrons. The van der Waals surface area contributed by atoms with Crippen LogP contribution in [0, 0.1) is 0 Å². The summed E-state index contributed by atoms with van der Waals surface area (Å²) in [6.45, 7) is 12.3. The van der Waals surface area contributed by atoms with Gasteiger partial charge in [0.15, 0.2) is 0 Å². The van der Waals surface area contributed by atoms with E-state index in [-0.39, 0.29) is 15.8 Å². The molecule has 0 N–H and O–H groups in total. The number of alkyl halides is 3. The quantitative estimate of drug-likeness (QED) is 0.110. The number of benzene rings is 1. The van der Waals surface area contributed by atoms with Crippen molar-refractivity contribution >= 4 is 64.8 Å². The fourth-order valence-electron chi connectivity index (χ4n) is 4.75. The maximum absolute atomic E-state index is 14.4. The summed E-state index contributed by atoms with van der Waals surface area (Å²) in [6, 6.07) is 11.6. The summed E-state index contributed by atoms with van der Waals surface area (Å²) in [5, 5.41) is -0.143. The summed E-state index contributed by atoms with van der Waals surface area (Å²) in [5.41, 5.74) is -1.87. The summed E-state index contributed by atoms with van der Waals surface area (Å²) in [5.74, 6) is 0. The molecule has 0 bridgehead atoms. The van der Waals surface area contributed by atoms with Gasteiger partial charge in [0.05, 0.1) is 15.6 Å². The third kappa shape index (κ3) is 6.74. The minimum absolute atomic E-state index is 0.0866. The lowest BCUT2D eigenvalue weighted by Gasteiger charge is -2.27. The molecule has 0 spiro atoms. The number of anilines is 1. The molecule has 0 aliphatic rings. The third-order valence-electron chi connectivity index (χ3n) is 6.52. The number of thiophene rings is 2. The van der Waals surface area contributed by atoms with Crippen LogP contribution in [0.1, 0.15) is 49.9 Å². The van der Waals surface area contributed by atoms with E-state index in [9.17, 15) is 18.0 Å². The van der Waals surface area contributed by atoms with E-state index < -0.39 is 31.7 Å². The predicted octanol–water partition coefficient (Wildman–Crippen LogP) is 7.87. The molecule has 0 unspecified atom stereocenters. The van der Waals surface area contributed by atoms with Crippen molar-refractivity contribution in [2.24, 2.45) is 0 Å². The summed E-state index contributed by atoms with van der Waals surface area (Å²) in [7, 11) is -3.03. The van der Waals surface area contributed by atoms with Crippen LogP contribution in [0.4, 0.5) is 18.9 Å². The monoisotopic (exact) mass is 637 g/mol. The van der Waals surface area contributed by atoms with E-state index in [4.69, 9.17) is 17.7 Å². The highest BCUT2D eigenvalue weighted by Crippen LogP contribution is 2.42. The number of halogens is 3. The molecule has 3 heterocycles. The van der Waals surface area contributed by atoms with Crippen LogP contribution in [-0.4, -0.2) is 41.7 Å². The molecule has 0 aliphatic heterocycles. The van der Waals surface area contributed by atoms with Crippen LogP contribution < -0.4 is 15.0 Å². The molecule has 0 fully saturated rings. The fourth-order valence-corrected chi connectivity index (χ4v) is 9.85. The molecule has 0 amide bonds. The number of rotatable bonds is 13. The summed E-state index contributed by atoms with van der Waals surface area (Å²) in [4.78, 5) is 16.8. The zero-order chi connectivity index (χ0) is 30.5. The van der Waals surface area contributed by atoms with Crippen molar-refractivity contribution < 1.29 is 30.9 Å². The van der Waals surface area contributed by atoms with Gasteiger partial charge in [-0.1, -0.05) is 0 Å². The van der Waals surface area contributed by atoms with Crippen LogP contribution in [0.15, 0.2) is 51.7 Å². The Labute approximate surface area is 252 Å². The molecule has 0 atom stereocenters. The Hall–Kier alpha value is -2.74. The van der Waals surface area contributed by atoms with Gasteiger partial charge in [0.25, 0.3) is 0 Å². The molecule has 0 aliphatic carbocycles. The van der Waals surface area contributed by atoms with E-state index in [1.807, 2.05) is 57.7 Å². The van der Waals surface area contributed by atoms with Gasteiger partial charge in [-0.2, -0.15) is 13.2 Å². The topological polar surface area (TPSA) is 61.1 Å². The Morgan fingerprint density at radius 2 is 1.45 bits per heavy atom. The lowest BCUT2D eigenvalue weighted by molar-refractivity contribution is -0.136. The number of fused-ring (bicyclic) bond motifs is 1. The molecular formula is C30H34F3NO5S2Si. The van der Waals surface area contributed by atoms with Gasteiger partial charge in [0, 0.05) is 64.7 Å². The standard InChI is InChI=1S/C30H34F3NO5S2Si/c1-6-34(7-2)20-11-16-23-24(19-20)39-29(35)27(28(23)30(31,32)33)25-17-14-21(40-25)12-13-22-15-18-26(41-22)42(36-8-3,37-9-4)38-10-5/h11-19H,6-10H2,1-5H3/b13-12+. The second kappa shape index (κ2) is 13.7. The molecule has 4 rings (SSSR count). The van der Waals surface area contributed by atoms with Crippen molar-refractivity contribution in [3.8, 4) is 10.4 Å². The van der Waals surface area contributed by atoms with Gasteiger partial charge in [0.2, 0.25) is 0 Å². The molecule has 12 heteroatoms. The average molecular weight is 638 g/mol. The Morgan fingerprint density at radius 3 is 2.02 bits per heavy atom. The first-order valence-corrected chi connectivity index (χ1v) is 17.2. The summed E-state index contributed by atoms with van der Waals surface area (Å²) < 4.78 is 67.7. The van der Waals surface area contributed by atoms with Crippen molar-refractivity contribution in [2.75, 3.05) is 37.8 Å². The lowest BCUT2D eigenvalue weighted by Crippen LogP contribution is -2.55. The first-order valence-electron chi connectivity index (χ1n) is 13.8. The molecule has 0 radical (unpaired) electrons. The highest BCUT2D eigenvalue weighted by atomic mass is 32.1. The number of hydrogen-bond donors (Lipinski definition) is 0. The zero-order valence-corrected chi connectivity index (χ0v) is 26.8. The highest BCUT2D eigenvalue weighted by molar-refractivity contribution is 7.24. The first-order chi connectivity index (χ1) is 20.1. The Bertz CT molecular complexity index is 1570. The van der Waals surface area contributed by atoms with Gasteiger partial charge < -0.3 is 22.6 Å². The van der Waals surface area contributed by atoms with Crippen LogP contribution in [0.25, 0.3) is 33.6 Å². The van der Waals surface area contributed by atoms with Crippen molar-refractivity contribution in [2.45, 2.75) is 40.8 Å². The van der Waals surface area contributed by atoms with Crippen molar-refractivity contribution in [1.82, 2.24) is 0 Å². The minimum Gasteiger partial charge on any atom is -0.422 e. The second-order valence-corrected chi connectivity index (χ2v) is 14.2. The van der Waals surface area contributed by atoms with Crippen LogP contribution in [0.2, 0.25) is 0 Å². The zero-order valence-electron chi connectivity index (χ0n) is 24.2. The molecule has 0 saturated heterocycles. The van der Waals surface area contributed by atoms with E-state index in [0.717, 1.165) is 20.7 Å². The van der Waals surface area contributed by atoms with Crippen LogP contribution >= 0.6 is 22.7 Å². The maximum Gasteiger partial charge on any atom is 0.547 e. The van der Waals surface area contributed by atoms with E-state index in [0.29, 0.717) is 43.5 Å². The molecule has 6 nitrogen and oxygen atoms in total. The smallest absolute Gasteiger partial charge is 0.422 e. The molecule has 3 aromatic heterocycles. The van der Waals surface area contributed by atoms with E-state index in [2.05, 4.69) is 0 Å². The highest BCUT2D eigenvalue weighted by Gasteiger charge is 2.44. The normalized spacial score (nSPS) is 12.6. The van der Waals surface area contributed by atoms with Gasteiger partial charge >= 0.3 is 20.6 Å². The molecule has 0 saturated carbocycles. The number of nitrogens with zero attached hydrogens (tertiary/aromatic N) is 1. The molecule has 4 aromatic rings. The van der Waals surface area contributed by atoms with Gasteiger partial charge in [-0.05, 0) is 83.2 Å². The molecular weight excluding hydrogens is 604 g/mol. The molecule has 42 heavy (non-hydrogen) atoms. The SMILES string of the molecule is CCO[Si](OCC)(OCC)c1ccc(/C=C/c2ccc(-c3c(C(F)(F)F)c4ccc(N(CC)CC)cc4oc3=O)s2)s1. The predicted molar refractivity (Wildman–Crippen MR) is 168 cm³/mol. The summed E-state index contributed by atoms with van der Waals surface area (Å²) in [6.07, 6.45) is -1.08. The van der Waals surface area contributed by atoms with E-state index in [1.165, 1.54) is 29.5 Å².